The second-order valence-corrected chi connectivity index (χ2v) is 8.63. The van der Waals surface area contributed by atoms with Crippen molar-refractivity contribution in [3.8, 4) is 0 Å². The van der Waals surface area contributed by atoms with Crippen LogP contribution in [0.1, 0.15) is 38.2 Å². The third kappa shape index (κ3) is 4.73. The Morgan fingerprint density at radius 2 is 1.89 bits per heavy atom. The van der Waals surface area contributed by atoms with E-state index >= 15 is 0 Å². The molecule has 1 saturated carbocycles. The van der Waals surface area contributed by atoms with E-state index in [4.69, 9.17) is 4.74 Å². The molecular formula is C22H34N3O3+. The van der Waals surface area contributed by atoms with E-state index in [9.17, 15) is 9.59 Å². The minimum absolute atomic E-state index is 0.0170. The lowest BCUT2D eigenvalue weighted by Gasteiger charge is -2.43. The number of hydrogen-bond acceptors (Lipinski definition) is 3. The predicted octanol–water partition coefficient (Wildman–Crippen LogP) is 0.624. The van der Waals surface area contributed by atoms with Crippen molar-refractivity contribution in [2.75, 3.05) is 33.8 Å². The van der Waals surface area contributed by atoms with Gasteiger partial charge in [-0.3, -0.25) is 14.5 Å². The van der Waals surface area contributed by atoms with E-state index in [1.165, 1.54) is 4.90 Å². The maximum Gasteiger partial charge on any atom is 0.245 e. The molecule has 2 aliphatic rings. The number of carbonyl (C=O) groups excluding carboxylic acids is 2. The van der Waals surface area contributed by atoms with Crippen molar-refractivity contribution in [2.24, 2.45) is 5.92 Å². The first-order chi connectivity index (χ1) is 13.4. The fourth-order valence-corrected chi connectivity index (χ4v) is 4.26. The van der Waals surface area contributed by atoms with E-state index in [-0.39, 0.29) is 18.4 Å². The summed E-state index contributed by atoms with van der Waals surface area (Å²) in [6.45, 7) is 3.98. The Bertz CT molecular complexity index is 669. The number of amides is 2. The van der Waals surface area contributed by atoms with Crippen LogP contribution in [0.5, 0.6) is 0 Å². The summed E-state index contributed by atoms with van der Waals surface area (Å²) in [7, 11) is 4.11. The van der Waals surface area contributed by atoms with Crippen LogP contribution in [0.15, 0.2) is 30.3 Å². The van der Waals surface area contributed by atoms with Gasteiger partial charge in [0.05, 0.1) is 40.2 Å². The van der Waals surface area contributed by atoms with Crippen molar-refractivity contribution in [1.82, 2.24) is 10.2 Å². The van der Waals surface area contributed by atoms with E-state index < -0.39 is 11.8 Å². The average Bonchev–Trinajstić information content (AvgIpc) is 3.04. The van der Waals surface area contributed by atoms with Crippen LogP contribution >= 0.6 is 0 Å². The molecule has 0 aromatic heterocycles. The highest BCUT2D eigenvalue weighted by atomic mass is 16.5. The molecule has 1 aliphatic carbocycles. The van der Waals surface area contributed by atoms with Crippen LogP contribution in [0.4, 0.5) is 0 Å². The van der Waals surface area contributed by atoms with Gasteiger partial charge in [-0.15, -0.1) is 0 Å². The third-order valence-electron chi connectivity index (χ3n) is 6.01. The highest BCUT2D eigenvalue weighted by molar-refractivity contribution is 5.89. The van der Waals surface area contributed by atoms with Crippen molar-refractivity contribution in [2.45, 2.75) is 50.8 Å². The Morgan fingerprint density at radius 1 is 1.21 bits per heavy atom. The average molecular weight is 389 g/mol. The molecule has 1 saturated heterocycles. The van der Waals surface area contributed by atoms with Gasteiger partial charge in [-0.05, 0) is 37.2 Å². The second-order valence-electron chi connectivity index (χ2n) is 8.63. The fraction of sp³-hybridized carbons (Fsp3) is 0.636. The number of likely N-dealkylation sites (N-methyl/N-ethyl adjacent to an activating group) is 1. The Kier molecular flexibility index (Phi) is 6.73. The normalized spacial score (nSPS) is 27.4. The molecule has 2 fully saturated rings. The summed E-state index contributed by atoms with van der Waals surface area (Å²) >= 11 is 0. The molecule has 1 aromatic rings. The number of benzene rings is 1. The van der Waals surface area contributed by atoms with Crippen molar-refractivity contribution >= 4 is 11.8 Å². The van der Waals surface area contributed by atoms with Crippen molar-refractivity contribution in [3.63, 3.8) is 0 Å². The van der Waals surface area contributed by atoms with E-state index in [0.29, 0.717) is 18.9 Å². The molecule has 28 heavy (non-hydrogen) atoms. The third-order valence-corrected chi connectivity index (χ3v) is 6.01. The highest BCUT2D eigenvalue weighted by Crippen LogP contribution is 2.42. The summed E-state index contributed by atoms with van der Waals surface area (Å²) in [4.78, 5) is 29.3. The lowest BCUT2D eigenvalue weighted by molar-refractivity contribution is -0.856. The van der Waals surface area contributed by atoms with Crippen LogP contribution in [0, 0.1) is 5.92 Å². The summed E-state index contributed by atoms with van der Waals surface area (Å²) in [6, 6.07) is 9.20. The maximum absolute atomic E-state index is 13.3. The number of quaternary nitrogens is 1. The van der Waals surface area contributed by atoms with Crippen LogP contribution in [0.3, 0.4) is 0 Å². The number of ether oxygens (including phenoxy) is 1. The summed E-state index contributed by atoms with van der Waals surface area (Å²) < 4.78 is 6.20. The molecule has 6 heteroatoms. The monoisotopic (exact) mass is 388 g/mol. The summed E-state index contributed by atoms with van der Waals surface area (Å²) in [5.74, 6) is 0.519. The Hall–Kier alpha value is -1.92. The maximum atomic E-state index is 13.3. The standard InChI is InChI=1S/C22H33N3O3/c1-17-9-11-22(12-10-17)25(20(26)15-18-7-5-4-6-8-18)19(16-28-22)21(27)23-13-14-24(2)3/h4-8,17,19H,9-16H2,1-3H3,(H,23,27)/p+1/t17?,19-,22?/m0/s1. The number of hydrogen-bond donors (Lipinski definition) is 2. The lowest BCUT2D eigenvalue weighted by atomic mass is 9.83. The van der Waals surface area contributed by atoms with Gasteiger partial charge < -0.3 is 15.0 Å². The van der Waals surface area contributed by atoms with Gasteiger partial charge in [0, 0.05) is 0 Å². The van der Waals surface area contributed by atoms with E-state index in [0.717, 1.165) is 37.8 Å². The number of nitrogens with one attached hydrogen (secondary N) is 2. The fourth-order valence-electron chi connectivity index (χ4n) is 4.26. The number of rotatable bonds is 6. The Morgan fingerprint density at radius 3 is 2.54 bits per heavy atom. The molecule has 3 rings (SSSR count). The molecule has 0 radical (unpaired) electrons. The first-order valence-corrected chi connectivity index (χ1v) is 10.5. The van der Waals surface area contributed by atoms with E-state index in [1.807, 2.05) is 30.3 Å². The minimum Gasteiger partial charge on any atom is -0.353 e. The molecule has 2 N–H and O–H groups in total. The van der Waals surface area contributed by atoms with Gasteiger partial charge in [-0.25, -0.2) is 0 Å². The quantitative estimate of drug-likeness (QED) is 0.751. The van der Waals surface area contributed by atoms with Crippen molar-refractivity contribution in [1.29, 1.82) is 0 Å². The first-order valence-electron chi connectivity index (χ1n) is 10.5. The zero-order valence-corrected chi connectivity index (χ0v) is 17.4. The van der Waals surface area contributed by atoms with Gasteiger partial charge in [0.1, 0.15) is 11.8 Å². The van der Waals surface area contributed by atoms with Crippen LogP contribution in [0.2, 0.25) is 0 Å². The number of carbonyl (C=O) groups is 2. The van der Waals surface area contributed by atoms with Crippen LogP contribution in [-0.2, 0) is 20.7 Å². The van der Waals surface area contributed by atoms with Crippen LogP contribution in [0.25, 0.3) is 0 Å². The van der Waals surface area contributed by atoms with E-state index in [1.54, 1.807) is 4.90 Å². The zero-order valence-electron chi connectivity index (χ0n) is 17.4. The lowest BCUT2D eigenvalue weighted by Crippen LogP contribution is -3.06. The first kappa shape index (κ1) is 20.8. The molecule has 0 bridgehead atoms. The Balaban J connectivity index is 1.76. The zero-order chi connectivity index (χ0) is 20.1. The molecule has 1 aliphatic heterocycles. The largest absolute Gasteiger partial charge is 0.353 e. The summed E-state index contributed by atoms with van der Waals surface area (Å²) in [5, 5.41) is 3.00. The van der Waals surface area contributed by atoms with Gasteiger partial charge in [0.2, 0.25) is 11.8 Å². The topological polar surface area (TPSA) is 63.1 Å². The minimum atomic E-state index is -0.618. The number of nitrogens with zero attached hydrogens (tertiary/aromatic N) is 1. The highest BCUT2D eigenvalue weighted by Gasteiger charge is 2.53. The van der Waals surface area contributed by atoms with Crippen molar-refractivity contribution < 1.29 is 19.2 Å². The molecular weight excluding hydrogens is 354 g/mol. The SMILES string of the molecule is CC1CCC2(CC1)OC[C@@H](C(=O)NCC[NH+](C)C)N2C(=O)Cc1ccccc1. The smallest absolute Gasteiger partial charge is 0.245 e. The van der Waals surface area contributed by atoms with Crippen molar-refractivity contribution in [3.05, 3.63) is 35.9 Å². The molecule has 0 unspecified atom stereocenters. The van der Waals surface area contributed by atoms with E-state index in [2.05, 4.69) is 26.3 Å². The summed E-state index contributed by atoms with van der Waals surface area (Å²) in [6.07, 6.45) is 3.95. The predicted molar refractivity (Wildman–Crippen MR) is 108 cm³/mol. The van der Waals surface area contributed by atoms with Gasteiger partial charge >= 0.3 is 0 Å². The molecule has 1 atom stereocenters. The molecule has 1 heterocycles. The van der Waals surface area contributed by atoms with Gasteiger partial charge in [-0.2, -0.15) is 0 Å². The second kappa shape index (κ2) is 9.05. The van der Waals surface area contributed by atoms with Crippen LogP contribution in [-0.4, -0.2) is 62.3 Å². The molecule has 154 valence electrons. The van der Waals surface area contributed by atoms with Gasteiger partial charge in [-0.1, -0.05) is 37.3 Å². The Labute approximate surface area is 168 Å². The molecule has 1 aromatic carbocycles. The molecule has 2 amide bonds. The summed E-state index contributed by atoms with van der Waals surface area (Å²) in [5.41, 5.74) is 0.349. The van der Waals surface area contributed by atoms with Gasteiger partial charge in [0.25, 0.3) is 0 Å². The molecule has 1 spiro atoms. The van der Waals surface area contributed by atoms with Gasteiger partial charge in [0.15, 0.2) is 0 Å². The van der Waals surface area contributed by atoms with Crippen LogP contribution < -0.4 is 10.2 Å². The molecule has 6 nitrogen and oxygen atoms in total.